The van der Waals surface area contributed by atoms with Gasteiger partial charge in [0.2, 0.25) is 65.0 Å². The molecule has 0 aliphatic rings. The number of hydrogen-bond acceptors (Lipinski definition) is 18. The number of nitrogens with one attached hydrogen (secondary N) is 9. The van der Waals surface area contributed by atoms with Crippen molar-refractivity contribution in [3.8, 4) is 5.75 Å². The van der Waals surface area contributed by atoms with Crippen LogP contribution < -0.4 is 82.3 Å². The van der Waals surface area contributed by atoms with Gasteiger partial charge < -0.3 is 97.6 Å². The van der Waals surface area contributed by atoms with Gasteiger partial charge in [0.1, 0.15) is 60.1 Å². The Labute approximate surface area is 506 Å². The summed E-state index contributed by atoms with van der Waals surface area (Å²) < 4.78 is 0. The van der Waals surface area contributed by atoms with E-state index in [4.69, 9.17) is 34.4 Å². The molecule has 0 radical (unpaired) electrons. The molecule has 24 N–H and O–H groups in total. The first-order valence-electron chi connectivity index (χ1n) is 29.2. The molecule has 10 atom stereocenters. The average molecular weight is 1230 g/mol. The molecule has 0 aliphatic heterocycles. The van der Waals surface area contributed by atoms with E-state index in [1.807, 2.05) is 0 Å². The van der Waals surface area contributed by atoms with Crippen molar-refractivity contribution < 1.29 is 77.6 Å². The van der Waals surface area contributed by atoms with Crippen LogP contribution in [0.4, 0.5) is 0 Å². The fourth-order valence-corrected chi connectivity index (χ4v) is 8.78. The van der Waals surface area contributed by atoms with E-state index in [0.29, 0.717) is 37.8 Å². The van der Waals surface area contributed by atoms with E-state index in [0.717, 1.165) is 0 Å². The van der Waals surface area contributed by atoms with Crippen LogP contribution in [-0.4, -0.2) is 172 Å². The number of nitrogens with two attached hydrogens (primary N) is 6. The Kier molecular flexibility index (Phi) is 35.7. The Morgan fingerprint density at radius 3 is 1.21 bits per heavy atom. The summed E-state index contributed by atoms with van der Waals surface area (Å²) in [6, 6.07) is -9.34. The van der Waals surface area contributed by atoms with Gasteiger partial charge in [0.15, 0.2) is 0 Å². The third-order valence-electron chi connectivity index (χ3n) is 13.6. The van der Waals surface area contributed by atoms with Crippen LogP contribution in [-0.2, 0) is 68.7 Å². The van der Waals surface area contributed by atoms with Crippen LogP contribution in [0, 0.1) is 17.8 Å². The summed E-state index contributed by atoms with van der Waals surface area (Å²) in [6.45, 7) is 10.4. The molecule has 0 spiro atoms. The number of aliphatic carboxylic acids is 2. The van der Waals surface area contributed by atoms with Crippen LogP contribution in [0.25, 0.3) is 0 Å². The molecule has 490 valence electrons. The van der Waals surface area contributed by atoms with Crippen molar-refractivity contribution in [1.29, 1.82) is 0 Å². The second kappa shape index (κ2) is 40.4. The molecule has 0 unspecified atom stereocenters. The highest BCUT2D eigenvalue weighted by Crippen LogP contribution is 2.16. The zero-order valence-electron chi connectivity index (χ0n) is 50.7. The first kappa shape index (κ1) is 77.0. The Morgan fingerprint density at radius 1 is 0.425 bits per heavy atom. The minimum Gasteiger partial charge on any atom is -0.508 e. The smallest absolute Gasteiger partial charge is 0.326 e. The van der Waals surface area contributed by atoms with Crippen LogP contribution in [0.3, 0.4) is 0 Å². The van der Waals surface area contributed by atoms with Gasteiger partial charge in [-0.25, -0.2) is 4.79 Å². The number of carboxylic acids is 2. The summed E-state index contributed by atoms with van der Waals surface area (Å²) in [4.78, 5) is 174. The zero-order chi connectivity index (χ0) is 66.1. The number of primary amides is 2. The molecule has 0 heterocycles. The number of carboxylic acid groups (broad SMARTS) is 2. The zero-order valence-corrected chi connectivity index (χ0v) is 50.7. The molecule has 1 aromatic rings. The van der Waals surface area contributed by atoms with Crippen molar-refractivity contribution in [1.82, 2.24) is 47.9 Å². The molecule has 0 aliphatic carbocycles. The summed E-state index contributed by atoms with van der Waals surface area (Å²) in [7, 11) is 0. The average Bonchev–Trinajstić information content (AvgIpc) is 3.40. The third-order valence-corrected chi connectivity index (χ3v) is 13.6. The van der Waals surface area contributed by atoms with Crippen molar-refractivity contribution in [3.05, 3.63) is 29.8 Å². The van der Waals surface area contributed by atoms with Crippen LogP contribution in [0.15, 0.2) is 24.3 Å². The quantitative estimate of drug-likeness (QED) is 0.0278. The van der Waals surface area contributed by atoms with Gasteiger partial charge in [0, 0.05) is 12.8 Å². The maximum atomic E-state index is 14.6. The highest BCUT2D eigenvalue weighted by atomic mass is 16.4. The number of rotatable bonds is 44. The van der Waals surface area contributed by atoms with E-state index in [1.165, 1.54) is 24.3 Å². The van der Waals surface area contributed by atoms with E-state index in [-0.39, 0.29) is 69.7 Å². The fourth-order valence-electron chi connectivity index (χ4n) is 8.78. The van der Waals surface area contributed by atoms with E-state index in [9.17, 15) is 77.6 Å². The molecule has 0 saturated heterocycles. The largest absolute Gasteiger partial charge is 0.508 e. The Hall–Kier alpha value is -8.03. The number of carbonyl (C=O) groups excluding carboxylic acids is 11. The second-order valence-electron chi connectivity index (χ2n) is 22.5. The lowest BCUT2D eigenvalue weighted by atomic mass is 9.99. The van der Waals surface area contributed by atoms with Gasteiger partial charge >= 0.3 is 11.9 Å². The highest BCUT2D eigenvalue weighted by molar-refractivity contribution is 6.00. The van der Waals surface area contributed by atoms with Crippen LogP contribution in [0.1, 0.15) is 137 Å². The highest BCUT2D eigenvalue weighted by Gasteiger charge is 2.37. The molecular formula is C56H95N15O16. The van der Waals surface area contributed by atoms with Crippen LogP contribution in [0.2, 0.25) is 0 Å². The lowest BCUT2D eigenvalue weighted by molar-refractivity contribution is -0.143. The van der Waals surface area contributed by atoms with E-state index in [2.05, 4.69) is 47.9 Å². The minimum absolute atomic E-state index is 0.0560. The first-order chi connectivity index (χ1) is 40.8. The molecule has 31 heteroatoms. The summed E-state index contributed by atoms with van der Waals surface area (Å²) in [6.07, 6.45) is -0.935. The monoisotopic (exact) mass is 1230 g/mol. The summed E-state index contributed by atoms with van der Waals surface area (Å²) in [5.41, 5.74) is 33.8. The van der Waals surface area contributed by atoms with Crippen molar-refractivity contribution in [2.75, 3.05) is 19.6 Å². The number of amides is 11. The molecular weight excluding hydrogens is 1140 g/mol. The number of benzene rings is 1. The summed E-state index contributed by atoms with van der Waals surface area (Å²) in [5.74, 6) is -15.0. The number of phenolic OH excluding ortho intramolecular Hbond substituents is 1. The van der Waals surface area contributed by atoms with E-state index in [1.54, 1.807) is 41.5 Å². The number of aromatic hydroxyl groups is 1. The lowest BCUT2D eigenvalue weighted by Gasteiger charge is -2.29. The third kappa shape index (κ3) is 30.2. The topological polar surface area (TPSA) is 547 Å². The predicted molar refractivity (Wildman–Crippen MR) is 317 cm³/mol. The minimum atomic E-state index is -1.78. The molecule has 1 aromatic carbocycles. The maximum absolute atomic E-state index is 14.6. The molecule has 0 saturated carbocycles. The fraction of sp³-hybridized carbons (Fsp3) is 0.661. The van der Waals surface area contributed by atoms with Gasteiger partial charge in [0.25, 0.3) is 0 Å². The Morgan fingerprint density at radius 2 is 0.782 bits per heavy atom. The molecule has 1 rings (SSSR count). The first-order valence-corrected chi connectivity index (χ1v) is 29.2. The normalized spacial score (nSPS) is 14.7. The lowest BCUT2D eigenvalue weighted by Crippen LogP contribution is -2.61. The number of unbranched alkanes of at least 4 members (excludes halogenated alkanes) is 3. The summed E-state index contributed by atoms with van der Waals surface area (Å²) in [5, 5.41) is 52.2. The van der Waals surface area contributed by atoms with Crippen LogP contribution in [0.5, 0.6) is 5.75 Å². The number of hydrogen-bond donors (Lipinski definition) is 18. The molecule has 0 fully saturated rings. The van der Waals surface area contributed by atoms with Gasteiger partial charge in [-0.3, -0.25) is 57.5 Å². The number of carbonyl (C=O) groups is 13. The van der Waals surface area contributed by atoms with E-state index >= 15 is 0 Å². The molecule has 31 nitrogen and oxygen atoms in total. The summed E-state index contributed by atoms with van der Waals surface area (Å²) >= 11 is 0. The van der Waals surface area contributed by atoms with Crippen molar-refractivity contribution in [3.63, 3.8) is 0 Å². The van der Waals surface area contributed by atoms with Gasteiger partial charge in [-0.1, -0.05) is 53.7 Å². The molecule has 87 heavy (non-hydrogen) atoms. The van der Waals surface area contributed by atoms with Gasteiger partial charge in [-0.15, -0.1) is 0 Å². The molecule has 0 aromatic heterocycles. The predicted octanol–water partition coefficient (Wildman–Crippen LogP) is -3.93. The maximum Gasteiger partial charge on any atom is 0.326 e. The van der Waals surface area contributed by atoms with Crippen LogP contribution >= 0.6 is 0 Å². The van der Waals surface area contributed by atoms with Crippen molar-refractivity contribution >= 4 is 76.9 Å². The van der Waals surface area contributed by atoms with E-state index < -0.39 is 175 Å². The molecule has 0 bridgehead atoms. The van der Waals surface area contributed by atoms with Crippen molar-refractivity contribution in [2.45, 2.75) is 198 Å². The van der Waals surface area contributed by atoms with Gasteiger partial charge in [0.05, 0.1) is 18.9 Å². The Bertz CT molecular complexity index is 2470. The Balaban J connectivity index is 3.71. The van der Waals surface area contributed by atoms with Crippen molar-refractivity contribution in [2.24, 2.45) is 52.2 Å². The molecule has 11 amide bonds. The second-order valence-corrected chi connectivity index (χ2v) is 22.5. The standard InChI is InChI=1S/C56H95N15O16/c1-29(2)25-39(67-53(83)41(28-43(62)74)69-48(78)35(13-7-10-22-57)65-54(84)45(30(3)4)70-47(77)34(60)27-42(61)73)51(81)68-40(26-32-16-18-33(72)19-17-32)52(82)64-37(20-21-44(75)76)49(79)63-36(14-8-11-23-58)50(80)71-46(31(5)6)55(85)66-38(56(86)87)15-9-12-24-59/h16-19,29-31,34-41,45-46,72H,7-15,20-28,57-60H2,1-6H3,(H2,61,73)(H2,62,74)(H,63,79)(H,64,82)(H,65,84)(H,66,85)(H,67,83)(H,68,81)(H,69,78)(H,70,77)(H,71,80)(H,75,76)(H,86,87)/t34-,35-,36-,37-,38-,39-,40-,41-,45-,46-/m0/s1. The number of phenols is 1. The van der Waals surface area contributed by atoms with Gasteiger partial charge in [-0.2, -0.15) is 0 Å². The SMILES string of the molecule is CC(C)C[C@H](NC(=O)[C@H](CC(N)=O)NC(=O)[C@H](CCCCN)NC(=O)[C@@H](NC(=O)[C@@H](N)CC(N)=O)C(C)C)C(=O)N[C@@H](Cc1ccc(O)cc1)C(=O)N[C@@H](CCC(=O)O)C(=O)N[C@@H](CCCCN)C(=O)N[C@H](C(=O)N[C@@H](CCCCN)C(=O)O)C(C)C. The van der Waals surface area contributed by atoms with Gasteiger partial charge in [-0.05, 0) is 126 Å².